The summed E-state index contributed by atoms with van der Waals surface area (Å²) in [5, 5.41) is 0. The lowest BCUT2D eigenvalue weighted by Gasteiger charge is -2.12. The van der Waals surface area contributed by atoms with Crippen molar-refractivity contribution in [3.63, 3.8) is 0 Å². The number of carbonyl (C=O) groups is 2. The third kappa shape index (κ3) is 5.82. The SMILES string of the molecule is C=CCc1ccccc1COC(=O)c1ccccc1C(=O)OCc1ccccc1CC=C. The van der Waals surface area contributed by atoms with Crippen LogP contribution in [0.3, 0.4) is 0 Å². The lowest BCUT2D eigenvalue weighted by Crippen LogP contribution is -2.14. The van der Waals surface area contributed by atoms with Crippen LogP contribution >= 0.6 is 0 Å². The summed E-state index contributed by atoms with van der Waals surface area (Å²) in [5.74, 6) is -1.14. The first kappa shape index (κ1) is 22.8. The van der Waals surface area contributed by atoms with Gasteiger partial charge in [0, 0.05) is 0 Å². The Morgan fingerprint density at radius 3 is 1.31 bits per heavy atom. The molecule has 0 aromatic heterocycles. The normalized spacial score (nSPS) is 10.2. The van der Waals surface area contributed by atoms with E-state index < -0.39 is 11.9 Å². The first-order chi connectivity index (χ1) is 15.6. The molecule has 32 heavy (non-hydrogen) atoms. The van der Waals surface area contributed by atoms with Crippen LogP contribution in [-0.4, -0.2) is 11.9 Å². The molecule has 4 heteroatoms. The minimum atomic E-state index is -0.571. The van der Waals surface area contributed by atoms with Gasteiger partial charge in [0.05, 0.1) is 11.1 Å². The molecule has 0 atom stereocenters. The lowest BCUT2D eigenvalue weighted by molar-refractivity contribution is 0.0424. The Kier molecular flexibility index (Phi) is 8.15. The van der Waals surface area contributed by atoms with Crippen LogP contribution in [0.1, 0.15) is 43.0 Å². The maximum atomic E-state index is 12.8. The van der Waals surface area contributed by atoms with Crippen molar-refractivity contribution in [1.82, 2.24) is 0 Å². The van der Waals surface area contributed by atoms with E-state index in [0.717, 1.165) is 22.3 Å². The third-order valence-corrected chi connectivity index (χ3v) is 5.05. The zero-order valence-corrected chi connectivity index (χ0v) is 18.0. The van der Waals surface area contributed by atoms with E-state index in [1.807, 2.05) is 48.5 Å². The second-order valence-electron chi connectivity index (χ2n) is 7.22. The van der Waals surface area contributed by atoms with Crippen LogP contribution in [0.4, 0.5) is 0 Å². The third-order valence-electron chi connectivity index (χ3n) is 5.05. The number of hydrogen-bond acceptors (Lipinski definition) is 4. The molecule has 0 saturated carbocycles. The van der Waals surface area contributed by atoms with Crippen LogP contribution in [0, 0.1) is 0 Å². The summed E-state index contributed by atoms with van der Waals surface area (Å²) < 4.78 is 11.0. The Labute approximate surface area is 188 Å². The highest BCUT2D eigenvalue weighted by molar-refractivity contribution is 6.03. The first-order valence-electron chi connectivity index (χ1n) is 10.4. The van der Waals surface area contributed by atoms with Crippen molar-refractivity contribution in [2.45, 2.75) is 26.1 Å². The highest BCUT2D eigenvalue weighted by Gasteiger charge is 2.19. The van der Waals surface area contributed by atoms with Gasteiger partial charge < -0.3 is 9.47 Å². The zero-order chi connectivity index (χ0) is 22.8. The van der Waals surface area contributed by atoms with Crippen LogP contribution in [0.2, 0.25) is 0 Å². The quantitative estimate of drug-likeness (QED) is 0.301. The number of hydrogen-bond donors (Lipinski definition) is 0. The molecule has 4 nitrogen and oxygen atoms in total. The molecule has 0 bridgehead atoms. The number of rotatable bonds is 10. The monoisotopic (exact) mass is 426 g/mol. The van der Waals surface area contributed by atoms with Gasteiger partial charge in [-0.05, 0) is 47.2 Å². The summed E-state index contributed by atoms with van der Waals surface area (Å²) in [6.45, 7) is 7.75. The van der Waals surface area contributed by atoms with Gasteiger partial charge >= 0.3 is 11.9 Å². The summed E-state index contributed by atoms with van der Waals surface area (Å²) in [4.78, 5) is 25.5. The molecule has 0 aliphatic rings. The molecule has 0 N–H and O–H groups in total. The molecular formula is C28H26O4. The molecule has 0 saturated heterocycles. The number of carbonyl (C=O) groups excluding carboxylic acids is 2. The standard InChI is InChI=1S/C28H26O4/c1-3-11-21-13-5-7-15-23(21)19-31-27(29)25-17-9-10-18-26(25)28(30)32-20-24-16-8-6-14-22(24)12-4-2/h3-10,13-18H,1-2,11-12,19-20H2. The highest BCUT2D eigenvalue weighted by atomic mass is 16.5. The van der Waals surface area contributed by atoms with Gasteiger partial charge in [0.1, 0.15) is 13.2 Å². The molecule has 0 aliphatic heterocycles. The van der Waals surface area contributed by atoms with Crippen LogP contribution in [0.15, 0.2) is 98.1 Å². The van der Waals surface area contributed by atoms with Gasteiger partial charge in [-0.2, -0.15) is 0 Å². The van der Waals surface area contributed by atoms with Gasteiger partial charge in [-0.15, -0.1) is 13.2 Å². The van der Waals surface area contributed by atoms with Crippen molar-refractivity contribution < 1.29 is 19.1 Å². The fourth-order valence-electron chi connectivity index (χ4n) is 3.39. The Bertz CT molecular complexity index is 1030. The van der Waals surface area contributed by atoms with Gasteiger partial charge in [-0.3, -0.25) is 0 Å². The van der Waals surface area contributed by atoms with E-state index in [-0.39, 0.29) is 24.3 Å². The minimum Gasteiger partial charge on any atom is -0.457 e. The number of ether oxygens (including phenoxy) is 2. The molecule has 0 heterocycles. The van der Waals surface area contributed by atoms with Crippen molar-refractivity contribution in [2.24, 2.45) is 0 Å². The maximum absolute atomic E-state index is 12.8. The molecule has 0 amide bonds. The zero-order valence-electron chi connectivity index (χ0n) is 18.0. The molecule has 0 aliphatic carbocycles. The maximum Gasteiger partial charge on any atom is 0.339 e. The lowest BCUT2D eigenvalue weighted by atomic mass is 10.0. The summed E-state index contributed by atoms with van der Waals surface area (Å²) in [6.07, 6.45) is 4.98. The largest absolute Gasteiger partial charge is 0.457 e. The molecular weight excluding hydrogens is 400 g/mol. The topological polar surface area (TPSA) is 52.6 Å². The Morgan fingerprint density at radius 1 is 0.594 bits per heavy atom. The van der Waals surface area contributed by atoms with Crippen LogP contribution in [0.25, 0.3) is 0 Å². The van der Waals surface area contributed by atoms with E-state index in [0.29, 0.717) is 12.8 Å². The smallest absolute Gasteiger partial charge is 0.339 e. The predicted octanol–water partition coefficient (Wildman–Crippen LogP) is 5.86. The number of allylic oxidation sites excluding steroid dienone is 2. The van der Waals surface area contributed by atoms with Crippen molar-refractivity contribution in [3.8, 4) is 0 Å². The van der Waals surface area contributed by atoms with Gasteiger partial charge in [0.25, 0.3) is 0 Å². The Morgan fingerprint density at radius 2 is 0.938 bits per heavy atom. The molecule has 3 aromatic carbocycles. The van der Waals surface area contributed by atoms with E-state index in [1.165, 1.54) is 0 Å². The Hall–Kier alpha value is -3.92. The second kappa shape index (κ2) is 11.5. The summed E-state index contributed by atoms with van der Waals surface area (Å²) >= 11 is 0. The van der Waals surface area contributed by atoms with Crippen LogP contribution < -0.4 is 0 Å². The molecule has 0 unspecified atom stereocenters. The fraction of sp³-hybridized carbons (Fsp3) is 0.143. The number of esters is 2. The summed E-state index contributed by atoms with van der Waals surface area (Å²) in [7, 11) is 0. The molecule has 0 fully saturated rings. The molecule has 3 rings (SSSR count). The van der Waals surface area contributed by atoms with E-state index in [4.69, 9.17) is 9.47 Å². The average molecular weight is 427 g/mol. The fourth-order valence-corrected chi connectivity index (χ4v) is 3.39. The summed E-state index contributed by atoms with van der Waals surface area (Å²) in [5.41, 5.74) is 4.25. The van der Waals surface area contributed by atoms with Gasteiger partial charge in [0.2, 0.25) is 0 Å². The molecule has 0 spiro atoms. The van der Waals surface area contributed by atoms with Gasteiger partial charge in [0.15, 0.2) is 0 Å². The molecule has 162 valence electrons. The minimum absolute atomic E-state index is 0.112. The summed E-state index contributed by atoms with van der Waals surface area (Å²) in [6, 6.07) is 21.9. The van der Waals surface area contributed by atoms with Crippen molar-refractivity contribution >= 4 is 11.9 Å². The second-order valence-corrected chi connectivity index (χ2v) is 7.22. The predicted molar refractivity (Wildman–Crippen MR) is 125 cm³/mol. The molecule has 3 aromatic rings. The van der Waals surface area contributed by atoms with E-state index in [1.54, 1.807) is 36.4 Å². The average Bonchev–Trinajstić information content (AvgIpc) is 2.83. The highest BCUT2D eigenvalue weighted by Crippen LogP contribution is 2.17. The Balaban J connectivity index is 1.70. The van der Waals surface area contributed by atoms with E-state index >= 15 is 0 Å². The van der Waals surface area contributed by atoms with Crippen LogP contribution in [-0.2, 0) is 35.5 Å². The van der Waals surface area contributed by atoms with Crippen molar-refractivity contribution in [1.29, 1.82) is 0 Å². The van der Waals surface area contributed by atoms with Crippen molar-refractivity contribution in [2.75, 3.05) is 0 Å². The van der Waals surface area contributed by atoms with Crippen LogP contribution in [0.5, 0.6) is 0 Å². The van der Waals surface area contributed by atoms with E-state index in [9.17, 15) is 9.59 Å². The van der Waals surface area contributed by atoms with Crippen molar-refractivity contribution in [3.05, 3.63) is 131 Å². The molecule has 0 radical (unpaired) electrons. The number of benzene rings is 3. The first-order valence-corrected chi connectivity index (χ1v) is 10.4. The van der Waals surface area contributed by atoms with Gasteiger partial charge in [-0.25, -0.2) is 9.59 Å². The van der Waals surface area contributed by atoms with Gasteiger partial charge in [-0.1, -0.05) is 72.8 Å². The van der Waals surface area contributed by atoms with E-state index in [2.05, 4.69) is 13.2 Å².